The van der Waals surface area contributed by atoms with Gasteiger partial charge >= 0.3 is 5.63 Å². The van der Waals surface area contributed by atoms with Gasteiger partial charge < -0.3 is 14.5 Å². The van der Waals surface area contributed by atoms with Gasteiger partial charge in [-0.15, -0.1) is 0 Å². The summed E-state index contributed by atoms with van der Waals surface area (Å²) in [4.78, 5) is 28.1. The molecule has 0 bridgehead atoms. The van der Waals surface area contributed by atoms with E-state index < -0.39 is 6.10 Å². The van der Waals surface area contributed by atoms with Crippen LogP contribution in [0.3, 0.4) is 0 Å². The molecule has 1 N–H and O–H groups in total. The van der Waals surface area contributed by atoms with Gasteiger partial charge in [0.05, 0.1) is 0 Å². The predicted octanol–water partition coefficient (Wildman–Crippen LogP) is 3.14. The minimum Gasteiger partial charge on any atom is -0.480 e. The zero-order valence-electron chi connectivity index (χ0n) is 15.6. The monoisotopic (exact) mass is 366 g/mol. The summed E-state index contributed by atoms with van der Waals surface area (Å²) in [5.41, 5.74) is 2.65. The molecule has 0 aliphatic carbocycles. The van der Waals surface area contributed by atoms with Gasteiger partial charge in [-0.2, -0.15) is 0 Å². The van der Waals surface area contributed by atoms with Crippen LogP contribution in [-0.4, -0.2) is 17.0 Å². The second-order valence-corrected chi connectivity index (χ2v) is 6.35. The molecule has 0 aliphatic rings. The maximum absolute atomic E-state index is 12.3. The Hall–Kier alpha value is -3.15. The van der Waals surface area contributed by atoms with Crippen LogP contribution in [0.25, 0.3) is 11.0 Å². The molecule has 6 nitrogen and oxygen atoms in total. The number of pyridine rings is 1. The first-order valence-corrected chi connectivity index (χ1v) is 8.89. The number of aryl methyl sites for hydroxylation is 2. The van der Waals surface area contributed by atoms with Crippen molar-refractivity contribution in [3.63, 3.8) is 0 Å². The molecule has 1 atom stereocenters. The highest BCUT2D eigenvalue weighted by atomic mass is 16.5. The van der Waals surface area contributed by atoms with E-state index in [9.17, 15) is 9.59 Å². The number of carbonyl (C=O) groups excluding carboxylic acids is 1. The van der Waals surface area contributed by atoms with Gasteiger partial charge in [0.2, 0.25) is 0 Å². The fourth-order valence-corrected chi connectivity index (χ4v) is 2.91. The maximum atomic E-state index is 12.3. The van der Waals surface area contributed by atoms with Gasteiger partial charge in [0.25, 0.3) is 5.91 Å². The summed E-state index contributed by atoms with van der Waals surface area (Å²) in [6.45, 7) is 5.87. The molecule has 1 aromatic carbocycles. The summed E-state index contributed by atoms with van der Waals surface area (Å²) >= 11 is 0. The third kappa shape index (κ3) is 4.16. The van der Waals surface area contributed by atoms with Crippen LogP contribution in [0.4, 0.5) is 0 Å². The number of ether oxygens (including phenoxy) is 1. The van der Waals surface area contributed by atoms with E-state index in [-0.39, 0.29) is 11.5 Å². The average molecular weight is 366 g/mol. The number of hydrogen-bond donors (Lipinski definition) is 1. The van der Waals surface area contributed by atoms with Crippen LogP contribution >= 0.6 is 0 Å². The Balaban J connectivity index is 1.76. The zero-order chi connectivity index (χ0) is 19.4. The van der Waals surface area contributed by atoms with Crippen molar-refractivity contribution >= 4 is 16.9 Å². The Morgan fingerprint density at radius 2 is 2.15 bits per heavy atom. The van der Waals surface area contributed by atoms with Gasteiger partial charge in [-0.25, -0.2) is 4.79 Å². The largest absolute Gasteiger partial charge is 0.480 e. The van der Waals surface area contributed by atoms with Crippen molar-refractivity contribution < 1.29 is 13.9 Å². The SMILES string of the molecule is CCc1cc(=O)oc2c(C)c(O[C@H](C)C(=O)NCc3cccnc3)ccc12. The Kier molecular flexibility index (Phi) is 5.54. The van der Waals surface area contributed by atoms with E-state index in [2.05, 4.69) is 10.3 Å². The number of fused-ring (bicyclic) bond motifs is 1. The lowest BCUT2D eigenvalue weighted by Gasteiger charge is -2.17. The normalized spacial score (nSPS) is 12.0. The number of nitrogens with one attached hydrogen (secondary N) is 1. The van der Waals surface area contributed by atoms with Gasteiger partial charge in [0.1, 0.15) is 11.3 Å². The molecule has 0 unspecified atom stereocenters. The molecular weight excluding hydrogens is 344 g/mol. The van der Waals surface area contributed by atoms with E-state index >= 15 is 0 Å². The van der Waals surface area contributed by atoms with E-state index in [0.717, 1.165) is 22.9 Å². The fourth-order valence-electron chi connectivity index (χ4n) is 2.91. The smallest absolute Gasteiger partial charge is 0.336 e. The zero-order valence-corrected chi connectivity index (χ0v) is 15.6. The molecule has 0 saturated heterocycles. The molecule has 0 fully saturated rings. The van der Waals surface area contributed by atoms with Crippen LogP contribution in [-0.2, 0) is 17.8 Å². The third-order valence-corrected chi connectivity index (χ3v) is 4.44. The molecule has 2 aromatic heterocycles. The molecule has 3 rings (SSSR count). The van der Waals surface area contributed by atoms with Crippen molar-refractivity contribution in [3.8, 4) is 5.75 Å². The molecule has 27 heavy (non-hydrogen) atoms. The van der Waals surface area contributed by atoms with Gasteiger partial charge in [0, 0.05) is 36.0 Å². The lowest BCUT2D eigenvalue weighted by atomic mass is 10.0. The quantitative estimate of drug-likeness (QED) is 0.678. The molecule has 6 heteroatoms. The van der Waals surface area contributed by atoms with Gasteiger partial charge in [-0.05, 0) is 49.6 Å². The van der Waals surface area contributed by atoms with Crippen molar-refractivity contribution in [2.24, 2.45) is 0 Å². The highest BCUT2D eigenvalue weighted by Crippen LogP contribution is 2.29. The topological polar surface area (TPSA) is 81.4 Å². The van der Waals surface area contributed by atoms with Gasteiger partial charge in [-0.3, -0.25) is 9.78 Å². The number of amides is 1. The van der Waals surface area contributed by atoms with E-state index in [1.807, 2.05) is 38.1 Å². The van der Waals surface area contributed by atoms with Crippen molar-refractivity contribution in [1.82, 2.24) is 10.3 Å². The van der Waals surface area contributed by atoms with Crippen molar-refractivity contribution in [3.05, 3.63) is 69.8 Å². The van der Waals surface area contributed by atoms with Crippen LogP contribution in [0.2, 0.25) is 0 Å². The summed E-state index contributed by atoms with van der Waals surface area (Å²) in [7, 11) is 0. The molecule has 0 saturated carbocycles. The highest BCUT2D eigenvalue weighted by molar-refractivity contribution is 5.85. The van der Waals surface area contributed by atoms with Crippen LogP contribution < -0.4 is 15.7 Å². The summed E-state index contributed by atoms with van der Waals surface area (Å²) in [5.74, 6) is 0.282. The second kappa shape index (κ2) is 8.03. The highest BCUT2D eigenvalue weighted by Gasteiger charge is 2.17. The molecule has 0 spiro atoms. The summed E-state index contributed by atoms with van der Waals surface area (Å²) < 4.78 is 11.2. The van der Waals surface area contributed by atoms with Crippen molar-refractivity contribution in [2.75, 3.05) is 0 Å². The van der Waals surface area contributed by atoms with E-state index in [1.165, 1.54) is 6.07 Å². The number of nitrogens with zero attached hydrogens (tertiary/aromatic N) is 1. The van der Waals surface area contributed by atoms with E-state index in [0.29, 0.717) is 23.4 Å². The number of rotatable bonds is 6. The number of aromatic nitrogens is 1. The predicted molar refractivity (Wildman–Crippen MR) is 103 cm³/mol. The van der Waals surface area contributed by atoms with E-state index in [4.69, 9.17) is 9.15 Å². The van der Waals surface area contributed by atoms with Crippen LogP contribution in [0.15, 0.2) is 51.9 Å². The molecular formula is C21H22N2O4. The lowest BCUT2D eigenvalue weighted by molar-refractivity contribution is -0.127. The van der Waals surface area contributed by atoms with Gasteiger partial charge in [0.15, 0.2) is 6.10 Å². The minimum absolute atomic E-state index is 0.234. The number of hydrogen-bond acceptors (Lipinski definition) is 5. The summed E-state index contributed by atoms with van der Waals surface area (Å²) in [6, 6.07) is 8.88. The lowest BCUT2D eigenvalue weighted by Crippen LogP contribution is -2.36. The van der Waals surface area contributed by atoms with Crippen LogP contribution in [0, 0.1) is 6.92 Å². The molecule has 1 amide bonds. The first-order chi connectivity index (χ1) is 13.0. The molecule has 3 aromatic rings. The standard InChI is InChI=1S/C21H22N2O4/c1-4-16-10-19(24)27-20-13(2)18(8-7-17(16)20)26-14(3)21(25)23-12-15-6-5-9-22-11-15/h5-11,14H,4,12H2,1-3H3,(H,23,25)/t14-/m1/s1. The number of carbonyl (C=O) groups is 1. The first kappa shape index (κ1) is 18.6. The fraction of sp³-hybridized carbons (Fsp3) is 0.286. The Morgan fingerprint density at radius 3 is 2.85 bits per heavy atom. The molecule has 140 valence electrons. The molecule has 0 aliphatic heterocycles. The Labute approximate surface area is 157 Å². The van der Waals surface area contributed by atoms with Gasteiger partial charge in [-0.1, -0.05) is 13.0 Å². The van der Waals surface area contributed by atoms with Crippen molar-refractivity contribution in [2.45, 2.75) is 39.8 Å². The molecule has 2 heterocycles. The second-order valence-electron chi connectivity index (χ2n) is 6.35. The number of benzene rings is 1. The molecule has 0 radical (unpaired) electrons. The Bertz CT molecular complexity index is 1010. The van der Waals surface area contributed by atoms with Crippen molar-refractivity contribution in [1.29, 1.82) is 0 Å². The third-order valence-electron chi connectivity index (χ3n) is 4.44. The Morgan fingerprint density at radius 1 is 1.33 bits per heavy atom. The van der Waals surface area contributed by atoms with Crippen LogP contribution in [0.5, 0.6) is 5.75 Å². The maximum Gasteiger partial charge on any atom is 0.336 e. The first-order valence-electron chi connectivity index (χ1n) is 8.89. The summed E-state index contributed by atoms with van der Waals surface area (Å²) in [5, 5.41) is 3.71. The van der Waals surface area contributed by atoms with Crippen LogP contribution in [0.1, 0.15) is 30.5 Å². The summed E-state index contributed by atoms with van der Waals surface area (Å²) in [6.07, 6.45) is 3.42. The minimum atomic E-state index is -0.695. The average Bonchev–Trinajstić information content (AvgIpc) is 2.68. The van der Waals surface area contributed by atoms with E-state index in [1.54, 1.807) is 19.3 Å².